The molecule has 2 aromatic carbocycles. The number of aliphatic imine (C=N–C) groups is 2. The van der Waals surface area contributed by atoms with Crippen LogP contribution in [0.3, 0.4) is 0 Å². The number of hydrogen-bond donors (Lipinski definition) is 0. The maximum absolute atomic E-state index is 7.13. The Bertz CT molecular complexity index is 1000. The van der Waals surface area contributed by atoms with Crippen molar-refractivity contribution < 1.29 is 19.5 Å². The van der Waals surface area contributed by atoms with Crippen LogP contribution in [0, 0.1) is 5.41 Å². The second kappa shape index (κ2) is 22.1. The fourth-order valence-corrected chi connectivity index (χ4v) is 2.85. The molecule has 0 aliphatic carbocycles. The third kappa shape index (κ3) is 18.3. The van der Waals surface area contributed by atoms with Crippen molar-refractivity contribution in [3.8, 4) is 0 Å². The van der Waals surface area contributed by atoms with Gasteiger partial charge in [0.1, 0.15) is 0 Å². The molecule has 38 heavy (non-hydrogen) atoms. The molecule has 0 fully saturated rings. The van der Waals surface area contributed by atoms with Crippen LogP contribution in [0.25, 0.3) is 23.0 Å². The van der Waals surface area contributed by atoms with E-state index in [0.717, 1.165) is 13.1 Å². The number of benzene rings is 2. The van der Waals surface area contributed by atoms with Crippen LogP contribution < -0.4 is 9.80 Å². The standard InChI is InChI=1S/C27H36N4.2CNS.Zn/c1-27(2,21-28-19-7-9-23-11-15-25(16-12-23)30(3)4)22-29-20-8-10-24-13-17-26(18-14-24)31(5)6;2*2-1-3;/h7-20H,21-22H2,1-6H3;;;/q;2*-1;+2/b9-7+,10-8+,28-19?,29-20?;;;. The van der Waals surface area contributed by atoms with Gasteiger partial charge in [0.25, 0.3) is 0 Å². The summed E-state index contributed by atoms with van der Waals surface area (Å²) in [6, 6.07) is 16.9. The summed E-state index contributed by atoms with van der Waals surface area (Å²) in [7, 11) is 8.18. The van der Waals surface area contributed by atoms with Gasteiger partial charge < -0.3 is 20.6 Å². The van der Waals surface area contributed by atoms with Gasteiger partial charge >= 0.3 is 19.5 Å². The van der Waals surface area contributed by atoms with E-state index in [9.17, 15) is 0 Å². The first-order valence-electron chi connectivity index (χ1n) is 11.5. The van der Waals surface area contributed by atoms with Crippen molar-refractivity contribution in [1.29, 1.82) is 0 Å². The molecule has 0 saturated carbocycles. The summed E-state index contributed by atoms with van der Waals surface area (Å²) in [6.07, 6.45) is 11.9. The molecular formula is C29H36N6S2Zn. The van der Waals surface area contributed by atoms with Gasteiger partial charge in [-0.05, 0) is 47.5 Å². The summed E-state index contributed by atoms with van der Waals surface area (Å²) in [6.45, 7) is 5.86. The number of allylic oxidation sites excluding steroid dienone is 2. The van der Waals surface area contributed by atoms with Gasteiger partial charge in [0.15, 0.2) is 0 Å². The third-order valence-electron chi connectivity index (χ3n) is 4.82. The Labute approximate surface area is 252 Å². The number of anilines is 2. The molecule has 0 N–H and O–H groups in total. The van der Waals surface area contributed by atoms with Crippen molar-refractivity contribution in [2.24, 2.45) is 15.4 Å². The molecule has 0 saturated heterocycles. The van der Waals surface area contributed by atoms with Gasteiger partial charge in [-0.1, -0.05) is 74.7 Å². The molecule has 0 heterocycles. The first-order chi connectivity index (χ1) is 17.6. The van der Waals surface area contributed by atoms with Gasteiger partial charge in [-0.15, -0.1) is 0 Å². The summed E-state index contributed by atoms with van der Waals surface area (Å²) in [4.78, 5) is 13.3. The van der Waals surface area contributed by atoms with E-state index in [1.165, 1.54) is 32.8 Å². The largest absolute Gasteiger partial charge is 2.00 e. The number of nitrogens with zero attached hydrogens (tertiary/aromatic N) is 6. The number of thiocarbonyl (C=S) groups is 2. The molecule has 196 valence electrons. The molecule has 0 aromatic heterocycles. The van der Waals surface area contributed by atoms with E-state index in [0.29, 0.717) is 0 Å². The zero-order chi connectivity index (χ0) is 28.1. The minimum Gasteiger partial charge on any atom is -0.753 e. The Balaban J connectivity index is 0. The summed E-state index contributed by atoms with van der Waals surface area (Å²) in [5, 5.41) is 16.9. The van der Waals surface area contributed by atoms with Crippen molar-refractivity contribution in [3.05, 3.63) is 82.6 Å². The van der Waals surface area contributed by atoms with E-state index in [4.69, 9.17) is 10.8 Å². The van der Waals surface area contributed by atoms with Crippen molar-refractivity contribution in [1.82, 2.24) is 0 Å². The van der Waals surface area contributed by atoms with Gasteiger partial charge in [-0.3, -0.25) is 9.98 Å². The summed E-state index contributed by atoms with van der Waals surface area (Å²) in [5.41, 5.74) is 4.76. The van der Waals surface area contributed by atoms with Crippen LogP contribution in [0.1, 0.15) is 25.0 Å². The Morgan fingerprint density at radius 2 is 1.00 bits per heavy atom. The molecule has 2 rings (SSSR count). The summed E-state index contributed by atoms with van der Waals surface area (Å²) < 4.78 is 0. The molecule has 0 bridgehead atoms. The predicted octanol–water partition coefficient (Wildman–Crippen LogP) is 7.03. The Hall–Kier alpha value is -2.92. The molecule has 0 amide bonds. The van der Waals surface area contributed by atoms with Crippen molar-refractivity contribution in [3.63, 3.8) is 0 Å². The average molecular weight is 598 g/mol. The van der Waals surface area contributed by atoms with Gasteiger partial charge in [0.2, 0.25) is 0 Å². The van der Waals surface area contributed by atoms with Gasteiger partial charge in [-0.25, -0.2) is 0 Å². The van der Waals surface area contributed by atoms with Crippen LogP contribution in [-0.4, -0.2) is 64.0 Å². The Kier molecular flexibility index (Phi) is 21.7. The Morgan fingerprint density at radius 3 is 1.26 bits per heavy atom. The predicted molar refractivity (Wildman–Crippen MR) is 172 cm³/mol. The molecule has 0 unspecified atom stereocenters. The first-order valence-corrected chi connectivity index (χ1v) is 12.3. The van der Waals surface area contributed by atoms with Gasteiger partial charge in [-0.2, -0.15) is 10.3 Å². The van der Waals surface area contributed by atoms with E-state index in [2.05, 4.69) is 119 Å². The minimum atomic E-state index is 0. The smallest absolute Gasteiger partial charge is 0.753 e. The first kappa shape index (κ1) is 37.2. The average Bonchev–Trinajstić information content (AvgIpc) is 2.85. The van der Waals surface area contributed by atoms with E-state index >= 15 is 0 Å². The zero-order valence-corrected chi connectivity index (χ0v) is 27.8. The monoisotopic (exact) mass is 596 g/mol. The fourth-order valence-electron chi connectivity index (χ4n) is 2.85. The number of rotatable bonds is 10. The minimum absolute atomic E-state index is 0. The maximum Gasteiger partial charge on any atom is 2.00 e. The van der Waals surface area contributed by atoms with Gasteiger partial charge in [0, 0.05) is 70.5 Å². The van der Waals surface area contributed by atoms with Crippen LogP contribution in [0.15, 0.2) is 70.7 Å². The van der Waals surface area contributed by atoms with E-state index in [1.807, 2.05) is 52.8 Å². The van der Waals surface area contributed by atoms with Gasteiger partial charge in [0.05, 0.1) is 0 Å². The molecule has 0 spiro atoms. The van der Waals surface area contributed by atoms with Crippen molar-refractivity contribution >= 4 is 70.7 Å². The molecule has 9 heteroatoms. The molecule has 2 aromatic rings. The molecule has 6 nitrogen and oxygen atoms in total. The van der Waals surface area contributed by atoms with E-state index < -0.39 is 0 Å². The number of isothiocyanates is 2. The Morgan fingerprint density at radius 1 is 0.711 bits per heavy atom. The molecular weight excluding hydrogens is 562 g/mol. The van der Waals surface area contributed by atoms with E-state index in [1.54, 1.807) is 0 Å². The van der Waals surface area contributed by atoms with Crippen molar-refractivity contribution in [2.45, 2.75) is 13.8 Å². The van der Waals surface area contributed by atoms with Crippen molar-refractivity contribution in [2.75, 3.05) is 51.1 Å². The maximum atomic E-state index is 7.13. The quantitative estimate of drug-likeness (QED) is 0.167. The van der Waals surface area contributed by atoms with Crippen LogP contribution >= 0.6 is 24.4 Å². The topological polar surface area (TPSA) is 75.8 Å². The summed E-state index contributed by atoms with van der Waals surface area (Å²) in [5.74, 6) is 0. The second-order valence-electron chi connectivity index (χ2n) is 9.02. The van der Waals surface area contributed by atoms with Crippen LogP contribution in [0.2, 0.25) is 0 Å². The fraction of sp³-hybridized carbons (Fsp3) is 0.310. The third-order valence-corrected chi connectivity index (χ3v) is 4.82. The molecule has 0 aliphatic rings. The SMILES string of the molecule is CN(C)c1ccc(/C=C/C=NCC(C)(C)CN=C/C=C/c2ccc(N(C)C)cc2)cc1.[N-]=C=S.[N-]=C=S.[Zn+2]. The molecule has 0 atom stereocenters. The zero-order valence-electron chi connectivity index (χ0n) is 23.2. The normalized spacial score (nSPS) is 10.7. The van der Waals surface area contributed by atoms with Crippen LogP contribution in [-0.2, 0) is 19.5 Å². The molecule has 0 aliphatic heterocycles. The summed E-state index contributed by atoms with van der Waals surface area (Å²) >= 11 is 7.40. The van der Waals surface area contributed by atoms with E-state index in [-0.39, 0.29) is 24.9 Å². The second-order valence-corrected chi connectivity index (χ2v) is 9.38. The number of hydrogen-bond acceptors (Lipinski definition) is 6. The van der Waals surface area contributed by atoms with Crippen LogP contribution in [0.4, 0.5) is 11.4 Å². The molecule has 0 radical (unpaired) electrons. The van der Waals surface area contributed by atoms with Crippen LogP contribution in [0.5, 0.6) is 0 Å².